The van der Waals surface area contributed by atoms with Crippen LogP contribution in [0.3, 0.4) is 0 Å². The van der Waals surface area contributed by atoms with Crippen LogP contribution in [0.15, 0.2) is 18.2 Å². The van der Waals surface area contributed by atoms with Crippen LogP contribution < -0.4 is 11.1 Å². The molecule has 2 heteroatoms. The van der Waals surface area contributed by atoms with Crippen LogP contribution in [0.4, 0.5) is 5.69 Å². The Morgan fingerprint density at radius 3 is 2.20 bits per heavy atom. The molecule has 2 nitrogen and oxygen atoms in total. The Hall–Kier alpha value is -1.02. The van der Waals surface area contributed by atoms with Gasteiger partial charge in [0.15, 0.2) is 0 Å². The zero-order valence-corrected chi connectivity index (χ0v) is 10.2. The number of rotatable bonds is 4. The molecule has 0 aromatic heterocycles. The van der Waals surface area contributed by atoms with Gasteiger partial charge in [0.05, 0.1) is 0 Å². The summed E-state index contributed by atoms with van der Waals surface area (Å²) in [6.07, 6.45) is 0.973. The van der Waals surface area contributed by atoms with Crippen molar-refractivity contribution < 1.29 is 0 Å². The maximum absolute atomic E-state index is 5.60. The molecule has 0 atom stereocenters. The van der Waals surface area contributed by atoms with Crippen LogP contribution in [0, 0.1) is 13.8 Å². The van der Waals surface area contributed by atoms with E-state index in [4.69, 9.17) is 5.73 Å². The lowest BCUT2D eigenvalue weighted by molar-refractivity contribution is 0.526. The van der Waals surface area contributed by atoms with Crippen molar-refractivity contribution in [2.75, 3.05) is 11.9 Å². The summed E-state index contributed by atoms with van der Waals surface area (Å²) in [6, 6.07) is 6.35. The summed E-state index contributed by atoms with van der Waals surface area (Å²) in [6.45, 7) is 9.35. The van der Waals surface area contributed by atoms with Crippen molar-refractivity contribution in [3.05, 3.63) is 29.3 Å². The Morgan fingerprint density at radius 1 is 1.20 bits per heavy atom. The van der Waals surface area contributed by atoms with E-state index in [-0.39, 0.29) is 5.54 Å². The second-order valence-electron chi connectivity index (χ2n) is 4.81. The molecule has 0 aliphatic carbocycles. The number of nitrogens with one attached hydrogen (secondary N) is 1. The molecule has 0 unspecified atom stereocenters. The largest absolute Gasteiger partial charge is 0.380 e. The Balaban J connectivity index is 2.89. The first-order valence-corrected chi connectivity index (χ1v) is 5.51. The first-order valence-electron chi connectivity index (χ1n) is 5.51. The first kappa shape index (κ1) is 12.1. The lowest BCUT2D eigenvalue weighted by Gasteiger charge is -2.29. The zero-order valence-electron chi connectivity index (χ0n) is 10.2. The van der Waals surface area contributed by atoms with Crippen LogP contribution in [-0.2, 0) is 0 Å². The minimum absolute atomic E-state index is 0.0611. The molecule has 0 saturated heterocycles. The van der Waals surface area contributed by atoms with E-state index in [1.807, 2.05) is 0 Å². The third-order valence-corrected chi connectivity index (χ3v) is 2.71. The average Bonchev–Trinajstić information content (AvgIpc) is 2.11. The Kier molecular flexibility index (Phi) is 3.75. The molecule has 84 valence electrons. The highest BCUT2D eigenvalue weighted by molar-refractivity contribution is 5.57. The lowest BCUT2D eigenvalue weighted by atomic mass is 9.98. The molecule has 0 spiro atoms. The van der Waals surface area contributed by atoms with E-state index >= 15 is 0 Å². The van der Waals surface area contributed by atoms with Crippen LogP contribution in [0.1, 0.15) is 31.4 Å². The molecule has 0 aliphatic rings. The van der Waals surface area contributed by atoms with Gasteiger partial charge in [-0.25, -0.2) is 0 Å². The highest BCUT2D eigenvalue weighted by Crippen LogP contribution is 2.24. The third kappa shape index (κ3) is 3.24. The maximum atomic E-state index is 5.60. The van der Waals surface area contributed by atoms with E-state index in [0.29, 0.717) is 6.54 Å². The molecule has 1 rings (SSSR count). The fourth-order valence-corrected chi connectivity index (χ4v) is 1.77. The van der Waals surface area contributed by atoms with Gasteiger partial charge in [0, 0.05) is 11.2 Å². The SMILES string of the molecule is Cc1cccc(C)c1NC(C)(C)CCN. The van der Waals surface area contributed by atoms with Gasteiger partial charge in [0.2, 0.25) is 0 Å². The minimum Gasteiger partial charge on any atom is -0.380 e. The minimum atomic E-state index is 0.0611. The van der Waals surface area contributed by atoms with Gasteiger partial charge in [-0.1, -0.05) is 18.2 Å². The quantitative estimate of drug-likeness (QED) is 0.795. The van der Waals surface area contributed by atoms with Crippen molar-refractivity contribution in [2.45, 2.75) is 39.7 Å². The number of para-hydroxylation sites is 1. The van der Waals surface area contributed by atoms with Gasteiger partial charge in [-0.2, -0.15) is 0 Å². The number of anilines is 1. The molecule has 0 radical (unpaired) electrons. The smallest absolute Gasteiger partial charge is 0.0403 e. The van der Waals surface area contributed by atoms with Crippen molar-refractivity contribution in [3.63, 3.8) is 0 Å². The predicted molar refractivity (Wildman–Crippen MR) is 67.3 cm³/mol. The van der Waals surface area contributed by atoms with E-state index in [9.17, 15) is 0 Å². The van der Waals surface area contributed by atoms with Crippen molar-refractivity contribution in [1.82, 2.24) is 0 Å². The number of benzene rings is 1. The summed E-state index contributed by atoms with van der Waals surface area (Å²) in [5, 5.41) is 3.58. The second-order valence-corrected chi connectivity index (χ2v) is 4.81. The summed E-state index contributed by atoms with van der Waals surface area (Å²) in [5.74, 6) is 0. The van der Waals surface area contributed by atoms with Crippen LogP contribution in [0.25, 0.3) is 0 Å². The molecule has 1 aromatic carbocycles. The van der Waals surface area contributed by atoms with Crippen molar-refractivity contribution >= 4 is 5.69 Å². The van der Waals surface area contributed by atoms with E-state index < -0.39 is 0 Å². The molecule has 1 aromatic rings. The molecular weight excluding hydrogens is 184 g/mol. The van der Waals surface area contributed by atoms with Crippen molar-refractivity contribution in [3.8, 4) is 0 Å². The van der Waals surface area contributed by atoms with Crippen molar-refractivity contribution in [1.29, 1.82) is 0 Å². The van der Waals surface area contributed by atoms with Crippen molar-refractivity contribution in [2.24, 2.45) is 5.73 Å². The van der Waals surface area contributed by atoms with E-state index in [1.54, 1.807) is 0 Å². The third-order valence-electron chi connectivity index (χ3n) is 2.71. The summed E-state index contributed by atoms with van der Waals surface area (Å²) >= 11 is 0. The van der Waals surface area contributed by atoms with E-state index in [2.05, 4.69) is 51.2 Å². The van der Waals surface area contributed by atoms with Gasteiger partial charge in [0.25, 0.3) is 0 Å². The second kappa shape index (κ2) is 4.67. The van der Waals surface area contributed by atoms with E-state index in [1.165, 1.54) is 16.8 Å². The Labute approximate surface area is 92.9 Å². The average molecular weight is 206 g/mol. The van der Waals surface area contributed by atoms with Gasteiger partial charge < -0.3 is 11.1 Å². The molecule has 0 amide bonds. The van der Waals surface area contributed by atoms with Gasteiger partial charge in [-0.05, 0) is 51.8 Å². The Bertz CT molecular complexity index is 309. The maximum Gasteiger partial charge on any atom is 0.0403 e. The van der Waals surface area contributed by atoms with Gasteiger partial charge in [-0.3, -0.25) is 0 Å². The summed E-state index contributed by atoms with van der Waals surface area (Å²) in [4.78, 5) is 0. The molecule has 3 N–H and O–H groups in total. The predicted octanol–water partition coefficient (Wildman–Crippen LogP) is 2.84. The molecule has 0 fully saturated rings. The van der Waals surface area contributed by atoms with Gasteiger partial charge in [0.1, 0.15) is 0 Å². The number of aryl methyl sites for hydroxylation is 2. The standard InChI is InChI=1S/C13H22N2/c1-10-6-5-7-11(2)12(10)15-13(3,4)8-9-14/h5-7,15H,8-9,14H2,1-4H3. The van der Waals surface area contributed by atoms with Crippen LogP contribution in [0.2, 0.25) is 0 Å². The fraction of sp³-hybridized carbons (Fsp3) is 0.538. The normalized spacial score (nSPS) is 11.5. The van der Waals surface area contributed by atoms with E-state index in [0.717, 1.165) is 6.42 Å². The van der Waals surface area contributed by atoms with Gasteiger partial charge in [-0.15, -0.1) is 0 Å². The highest BCUT2D eigenvalue weighted by Gasteiger charge is 2.17. The van der Waals surface area contributed by atoms with Crippen LogP contribution >= 0.6 is 0 Å². The first-order chi connectivity index (χ1) is 6.96. The molecule has 15 heavy (non-hydrogen) atoms. The van der Waals surface area contributed by atoms with Gasteiger partial charge >= 0.3 is 0 Å². The fourth-order valence-electron chi connectivity index (χ4n) is 1.77. The number of hydrogen-bond acceptors (Lipinski definition) is 2. The topological polar surface area (TPSA) is 38.0 Å². The number of hydrogen-bond donors (Lipinski definition) is 2. The molecule has 0 aliphatic heterocycles. The molecule has 0 saturated carbocycles. The zero-order chi connectivity index (χ0) is 11.5. The van der Waals surface area contributed by atoms with Crippen LogP contribution in [0.5, 0.6) is 0 Å². The summed E-state index contributed by atoms with van der Waals surface area (Å²) < 4.78 is 0. The molecule has 0 bridgehead atoms. The summed E-state index contributed by atoms with van der Waals surface area (Å²) in [5.41, 5.74) is 9.50. The molecule has 0 heterocycles. The lowest BCUT2D eigenvalue weighted by Crippen LogP contribution is -2.34. The summed E-state index contributed by atoms with van der Waals surface area (Å²) in [7, 11) is 0. The highest BCUT2D eigenvalue weighted by atomic mass is 15.0. The molecular formula is C13H22N2. The van der Waals surface area contributed by atoms with Crippen LogP contribution in [-0.4, -0.2) is 12.1 Å². The Morgan fingerprint density at radius 2 is 1.73 bits per heavy atom. The monoisotopic (exact) mass is 206 g/mol. The number of nitrogens with two attached hydrogens (primary N) is 1.